The number of nitrogens with two attached hydrogens (primary N) is 1. The molecule has 0 saturated heterocycles. The van der Waals surface area contributed by atoms with Gasteiger partial charge in [-0.2, -0.15) is 5.26 Å². The highest BCUT2D eigenvalue weighted by Gasteiger charge is 2.11. The van der Waals surface area contributed by atoms with Crippen molar-refractivity contribution in [1.82, 2.24) is 4.98 Å². The van der Waals surface area contributed by atoms with Crippen LogP contribution in [0.5, 0.6) is 0 Å². The molecule has 1 heterocycles. The second-order valence-electron chi connectivity index (χ2n) is 4.73. The van der Waals surface area contributed by atoms with E-state index in [1.807, 2.05) is 19.1 Å². The lowest BCUT2D eigenvalue weighted by molar-refractivity contribution is -0.112. The first-order valence-corrected chi connectivity index (χ1v) is 7.03. The first kappa shape index (κ1) is 16.3. The van der Waals surface area contributed by atoms with Crippen molar-refractivity contribution in [2.45, 2.75) is 6.92 Å². The summed E-state index contributed by atoms with van der Waals surface area (Å²) >= 11 is 5.99. The van der Waals surface area contributed by atoms with Crippen LogP contribution in [0, 0.1) is 18.3 Å². The highest BCUT2D eigenvalue weighted by molar-refractivity contribution is 6.34. The Hall–Kier alpha value is -3.04. The minimum Gasteiger partial charge on any atom is -0.399 e. The van der Waals surface area contributed by atoms with Gasteiger partial charge in [0.25, 0.3) is 5.91 Å². The van der Waals surface area contributed by atoms with Crippen LogP contribution in [-0.2, 0) is 4.79 Å². The number of aryl methyl sites for hydroxylation is 1. The van der Waals surface area contributed by atoms with Crippen molar-refractivity contribution in [1.29, 1.82) is 5.26 Å². The van der Waals surface area contributed by atoms with Crippen LogP contribution in [0.15, 0.2) is 48.3 Å². The second kappa shape index (κ2) is 7.29. The van der Waals surface area contributed by atoms with Gasteiger partial charge in [-0.05, 0) is 42.8 Å². The molecule has 2 aromatic rings. The topological polar surface area (TPSA) is 104 Å². The molecule has 23 heavy (non-hydrogen) atoms. The number of hydrogen-bond acceptors (Lipinski definition) is 5. The molecule has 0 saturated carbocycles. The Labute approximate surface area is 138 Å². The van der Waals surface area contributed by atoms with Gasteiger partial charge in [-0.1, -0.05) is 11.6 Å². The van der Waals surface area contributed by atoms with Gasteiger partial charge in [0.15, 0.2) is 0 Å². The monoisotopic (exact) mass is 327 g/mol. The summed E-state index contributed by atoms with van der Waals surface area (Å²) in [6, 6.07) is 10.2. The van der Waals surface area contributed by atoms with Gasteiger partial charge in [0, 0.05) is 18.1 Å². The number of nitrogens with one attached hydrogen (secondary N) is 2. The van der Waals surface area contributed by atoms with E-state index in [9.17, 15) is 4.79 Å². The largest absolute Gasteiger partial charge is 0.399 e. The lowest BCUT2D eigenvalue weighted by Crippen LogP contribution is -2.15. The van der Waals surface area contributed by atoms with Crippen molar-refractivity contribution >= 4 is 34.7 Å². The van der Waals surface area contributed by atoms with Crippen molar-refractivity contribution in [3.8, 4) is 6.07 Å². The summed E-state index contributed by atoms with van der Waals surface area (Å²) in [6.45, 7) is 1.91. The maximum absolute atomic E-state index is 12.1. The van der Waals surface area contributed by atoms with E-state index >= 15 is 0 Å². The zero-order valence-corrected chi connectivity index (χ0v) is 13.1. The first-order chi connectivity index (χ1) is 11.0. The Bertz CT molecular complexity index is 810. The van der Waals surface area contributed by atoms with E-state index in [4.69, 9.17) is 22.6 Å². The molecule has 0 aliphatic heterocycles. The van der Waals surface area contributed by atoms with Gasteiger partial charge in [0.2, 0.25) is 0 Å². The molecular weight excluding hydrogens is 314 g/mol. The van der Waals surface area contributed by atoms with Crippen LogP contribution < -0.4 is 16.4 Å². The number of aromatic nitrogens is 1. The number of nitrogen functional groups attached to an aromatic ring is 1. The van der Waals surface area contributed by atoms with E-state index in [1.165, 1.54) is 12.3 Å². The molecular formula is C16H14ClN5O. The van der Waals surface area contributed by atoms with Crippen LogP contribution in [0.4, 0.5) is 17.2 Å². The number of benzene rings is 1. The summed E-state index contributed by atoms with van der Waals surface area (Å²) < 4.78 is 0. The van der Waals surface area contributed by atoms with Crippen LogP contribution in [-0.4, -0.2) is 10.9 Å². The molecule has 1 aromatic carbocycles. The second-order valence-corrected chi connectivity index (χ2v) is 5.13. The lowest BCUT2D eigenvalue weighted by atomic mass is 10.2. The van der Waals surface area contributed by atoms with E-state index in [-0.39, 0.29) is 5.57 Å². The molecule has 0 spiro atoms. The maximum atomic E-state index is 12.1. The minimum absolute atomic E-state index is 0.110. The number of amides is 1. The van der Waals surface area contributed by atoms with Crippen LogP contribution in [0.1, 0.15) is 5.56 Å². The molecule has 7 heteroatoms. The Morgan fingerprint density at radius 1 is 1.39 bits per heavy atom. The zero-order valence-electron chi connectivity index (χ0n) is 12.3. The summed E-state index contributed by atoms with van der Waals surface area (Å²) in [5.41, 5.74) is 7.35. The quantitative estimate of drug-likeness (QED) is 0.455. The van der Waals surface area contributed by atoms with E-state index in [2.05, 4.69) is 15.6 Å². The number of halogens is 1. The molecule has 2 rings (SSSR count). The average molecular weight is 328 g/mol. The summed E-state index contributed by atoms with van der Waals surface area (Å²) in [5.74, 6) is -0.0459. The Kier molecular flexibility index (Phi) is 5.18. The number of anilines is 3. The molecule has 0 aliphatic rings. The van der Waals surface area contributed by atoms with Crippen molar-refractivity contribution in [3.63, 3.8) is 0 Å². The minimum atomic E-state index is -0.584. The Balaban J connectivity index is 2.12. The van der Waals surface area contributed by atoms with Crippen LogP contribution in [0.25, 0.3) is 0 Å². The standard InChI is InChI=1S/C16H14ClN5O/c1-10-4-5-20-15(6-10)21-9-11(8-18)16(23)22-14-3-2-12(19)7-13(14)17/h2-7,9H,19H2,1H3,(H,20,21)(H,22,23)/b11-9-. The first-order valence-electron chi connectivity index (χ1n) is 6.65. The molecule has 6 nitrogen and oxygen atoms in total. The molecule has 1 aromatic heterocycles. The lowest BCUT2D eigenvalue weighted by Gasteiger charge is -2.07. The fraction of sp³-hybridized carbons (Fsp3) is 0.0625. The average Bonchev–Trinajstić information content (AvgIpc) is 2.51. The number of pyridine rings is 1. The van der Waals surface area contributed by atoms with Gasteiger partial charge in [-0.3, -0.25) is 4.79 Å². The third-order valence-electron chi connectivity index (χ3n) is 2.89. The predicted molar refractivity (Wildman–Crippen MR) is 90.8 cm³/mol. The van der Waals surface area contributed by atoms with E-state index in [0.717, 1.165) is 5.56 Å². The Morgan fingerprint density at radius 3 is 2.83 bits per heavy atom. The Morgan fingerprint density at radius 2 is 2.17 bits per heavy atom. The molecule has 4 N–H and O–H groups in total. The SMILES string of the molecule is Cc1ccnc(N/C=C(/C#N)C(=O)Nc2ccc(N)cc2Cl)c1. The van der Waals surface area contributed by atoms with Crippen LogP contribution in [0.2, 0.25) is 5.02 Å². The number of nitrogens with zero attached hydrogens (tertiary/aromatic N) is 2. The fourth-order valence-electron chi connectivity index (χ4n) is 1.73. The molecule has 0 fully saturated rings. The number of carbonyl (C=O) groups is 1. The maximum Gasteiger partial charge on any atom is 0.267 e. The van der Waals surface area contributed by atoms with Gasteiger partial charge in [0.1, 0.15) is 17.5 Å². The zero-order chi connectivity index (χ0) is 16.8. The number of rotatable bonds is 4. The van der Waals surface area contributed by atoms with E-state index < -0.39 is 5.91 Å². The third-order valence-corrected chi connectivity index (χ3v) is 3.20. The van der Waals surface area contributed by atoms with Gasteiger partial charge in [-0.25, -0.2) is 4.98 Å². The van der Waals surface area contributed by atoms with Gasteiger partial charge in [-0.15, -0.1) is 0 Å². The summed E-state index contributed by atoms with van der Waals surface area (Å²) in [4.78, 5) is 16.2. The fourth-order valence-corrected chi connectivity index (χ4v) is 1.97. The number of carbonyl (C=O) groups excluding carboxylic acids is 1. The molecule has 0 atom stereocenters. The van der Waals surface area contributed by atoms with Gasteiger partial charge in [0.05, 0.1) is 10.7 Å². The third kappa shape index (κ3) is 4.46. The summed E-state index contributed by atoms with van der Waals surface area (Å²) in [5, 5.41) is 14.8. The molecule has 0 radical (unpaired) electrons. The summed E-state index contributed by atoms with van der Waals surface area (Å²) in [6.07, 6.45) is 2.92. The van der Waals surface area contributed by atoms with E-state index in [0.29, 0.717) is 22.2 Å². The molecule has 1 amide bonds. The normalized spacial score (nSPS) is 10.7. The van der Waals surface area contributed by atoms with Crippen molar-refractivity contribution in [2.24, 2.45) is 0 Å². The number of nitriles is 1. The van der Waals surface area contributed by atoms with Crippen molar-refractivity contribution < 1.29 is 4.79 Å². The highest BCUT2D eigenvalue weighted by atomic mass is 35.5. The van der Waals surface area contributed by atoms with Gasteiger partial charge < -0.3 is 16.4 Å². The number of hydrogen-bond donors (Lipinski definition) is 3. The van der Waals surface area contributed by atoms with Gasteiger partial charge >= 0.3 is 0 Å². The van der Waals surface area contributed by atoms with E-state index in [1.54, 1.807) is 24.4 Å². The molecule has 0 aliphatic carbocycles. The molecule has 0 unspecified atom stereocenters. The van der Waals surface area contributed by atoms with Crippen molar-refractivity contribution in [3.05, 3.63) is 58.9 Å². The predicted octanol–water partition coefficient (Wildman–Crippen LogP) is 3.08. The molecule has 0 bridgehead atoms. The van der Waals surface area contributed by atoms with Crippen LogP contribution >= 0.6 is 11.6 Å². The smallest absolute Gasteiger partial charge is 0.267 e. The van der Waals surface area contributed by atoms with Crippen LogP contribution in [0.3, 0.4) is 0 Å². The summed E-state index contributed by atoms with van der Waals surface area (Å²) in [7, 11) is 0. The van der Waals surface area contributed by atoms with Crippen molar-refractivity contribution in [2.75, 3.05) is 16.4 Å². The molecule has 116 valence electrons. The highest BCUT2D eigenvalue weighted by Crippen LogP contribution is 2.24.